The molecule has 3 atom stereocenters. The molecule has 0 heterocycles. The number of likely N-dealkylation sites (N-methyl/N-ethyl adjacent to an activating group) is 1. The van der Waals surface area contributed by atoms with Crippen molar-refractivity contribution in [2.75, 3.05) is 13.6 Å². The van der Waals surface area contributed by atoms with Crippen LogP contribution in [0, 0.1) is 11.8 Å². The summed E-state index contributed by atoms with van der Waals surface area (Å²) in [6, 6.07) is 0. The van der Waals surface area contributed by atoms with Gasteiger partial charge >= 0.3 is 0 Å². The van der Waals surface area contributed by atoms with Crippen molar-refractivity contribution in [1.29, 1.82) is 0 Å². The Morgan fingerprint density at radius 2 is 1.83 bits per heavy atom. The summed E-state index contributed by atoms with van der Waals surface area (Å²) >= 11 is 0. The maximum Gasteiger partial charge on any atom is 0.0827 e. The molecule has 2 saturated carbocycles. The zero-order valence-electron chi connectivity index (χ0n) is 7.84. The lowest BCUT2D eigenvalue weighted by Crippen LogP contribution is -2.49. The van der Waals surface area contributed by atoms with E-state index in [1.54, 1.807) is 0 Å². The van der Waals surface area contributed by atoms with Crippen LogP contribution in [-0.4, -0.2) is 24.3 Å². The van der Waals surface area contributed by atoms with Gasteiger partial charge < -0.3 is 10.4 Å². The van der Waals surface area contributed by atoms with Crippen molar-refractivity contribution >= 4 is 0 Å². The molecule has 0 amide bonds. The molecule has 2 unspecified atom stereocenters. The van der Waals surface area contributed by atoms with Crippen molar-refractivity contribution < 1.29 is 5.11 Å². The number of rotatable bonds is 2. The summed E-state index contributed by atoms with van der Waals surface area (Å²) in [5, 5.41) is 13.5. The first-order valence-corrected chi connectivity index (χ1v) is 5.14. The Hall–Kier alpha value is -0.0800. The van der Waals surface area contributed by atoms with E-state index in [0.717, 1.165) is 6.54 Å². The van der Waals surface area contributed by atoms with Gasteiger partial charge in [0.15, 0.2) is 0 Å². The van der Waals surface area contributed by atoms with Crippen molar-refractivity contribution in [3.05, 3.63) is 0 Å². The van der Waals surface area contributed by atoms with Gasteiger partial charge in [0.05, 0.1) is 5.60 Å². The maximum atomic E-state index is 10.4. The van der Waals surface area contributed by atoms with Gasteiger partial charge in [0.2, 0.25) is 0 Å². The number of hydrogen-bond donors (Lipinski definition) is 2. The normalized spacial score (nSPS) is 46.5. The van der Waals surface area contributed by atoms with Crippen LogP contribution in [0.25, 0.3) is 0 Å². The summed E-state index contributed by atoms with van der Waals surface area (Å²) in [6.07, 6.45) is 6.33. The average Bonchev–Trinajstić information content (AvgIpc) is 2.26. The molecule has 0 spiro atoms. The maximum absolute atomic E-state index is 10.4. The highest BCUT2D eigenvalue weighted by molar-refractivity contribution is 5.02. The molecule has 0 radical (unpaired) electrons. The van der Waals surface area contributed by atoms with E-state index in [1.807, 2.05) is 7.05 Å². The number of aliphatic hydroxyl groups is 1. The molecule has 2 N–H and O–H groups in total. The standard InChI is InChI=1S/C10H19NO/c1-11-7-10(12)8-3-2-4-9(10)6-5-8/h8-9,11-12H,2-7H2,1H3/t8-,9?,10?/m1/s1. The van der Waals surface area contributed by atoms with Crippen molar-refractivity contribution in [3.8, 4) is 0 Å². The van der Waals surface area contributed by atoms with Crippen molar-refractivity contribution in [3.63, 3.8) is 0 Å². The Balaban J connectivity index is 2.13. The molecule has 2 bridgehead atoms. The molecule has 0 saturated heterocycles. The highest BCUT2D eigenvalue weighted by atomic mass is 16.3. The van der Waals surface area contributed by atoms with Crippen LogP contribution in [-0.2, 0) is 0 Å². The van der Waals surface area contributed by atoms with E-state index < -0.39 is 0 Å². The van der Waals surface area contributed by atoms with Crippen LogP contribution in [0.3, 0.4) is 0 Å². The fourth-order valence-corrected chi connectivity index (χ4v) is 3.21. The van der Waals surface area contributed by atoms with Crippen LogP contribution in [0.5, 0.6) is 0 Å². The molecule has 2 aliphatic rings. The van der Waals surface area contributed by atoms with Crippen molar-refractivity contribution in [2.45, 2.75) is 37.7 Å². The zero-order chi connectivity index (χ0) is 8.60. The molecule has 0 aliphatic heterocycles. The molecule has 0 aromatic carbocycles. The number of fused-ring (bicyclic) bond motifs is 2. The van der Waals surface area contributed by atoms with Gasteiger partial charge in [-0.05, 0) is 44.6 Å². The van der Waals surface area contributed by atoms with Gasteiger partial charge in [-0.15, -0.1) is 0 Å². The molecule has 2 fully saturated rings. The third-order valence-electron chi connectivity index (χ3n) is 3.84. The molecule has 0 aromatic rings. The first-order chi connectivity index (χ1) is 5.77. The smallest absolute Gasteiger partial charge is 0.0827 e. The van der Waals surface area contributed by atoms with E-state index in [-0.39, 0.29) is 5.60 Å². The Kier molecular flexibility index (Phi) is 2.13. The zero-order valence-corrected chi connectivity index (χ0v) is 7.84. The first-order valence-electron chi connectivity index (χ1n) is 5.14. The fraction of sp³-hybridized carbons (Fsp3) is 1.00. The molecule has 70 valence electrons. The van der Waals surface area contributed by atoms with Gasteiger partial charge in [-0.25, -0.2) is 0 Å². The Bertz CT molecular complexity index is 153. The summed E-state index contributed by atoms with van der Waals surface area (Å²) in [4.78, 5) is 0. The van der Waals surface area contributed by atoms with Gasteiger partial charge in [0.25, 0.3) is 0 Å². The number of hydrogen-bond acceptors (Lipinski definition) is 2. The molecular weight excluding hydrogens is 150 g/mol. The Labute approximate surface area is 74.4 Å². The van der Waals surface area contributed by atoms with E-state index in [1.165, 1.54) is 32.1 Å². The predicted molar refractivity (Wildman–Crippen MR) is 48.9 cm³/mol. The second-order valence-electron chi connectivity index (χ2n) is 4.42. The van der Waals surface area contributed by atoms with E-state index in [4.69, 9.17) is 0 Å². The molecule has 2 aliphatic carbocycles. The van der Waals surface area contributed by atoms with Gasteiger partial charge in [-0.3, -0.25) is 0 Å². The summed E-state index contributed by atoms with van der Waals surface area (Å²) in [6.45, 7) is 0.794. The second-order valence-corrected chi connectivity index (χ2v) is 4.42. The Morgan fingerprint density at radius 1 is 1.25 bits per heavy atom. The summed E-state index contributed by atoms with van der Waals surface area (Å²) in [5.74, 6) is 1.17. The lowest BCUT2D eigenvalue weighted by Gasteiger charge is -2.39. The van der Waals surface area contributed by atoms with Gasteiger partial charge in [0.1, 0.15) is 0 Å². The van der Waals surface area contributed by atoms with Gasteiger partial charge in [-0.2, -0.15) is 0 Å². The third-order valence-corrected chi connectivity index (χ3v) is 3.84. The lowest BCUT2D eigenvalue weighted by molar-refractivity contribution is -0.0560. The minimum atomic E-state index is -0.354. The first kappa shape index (κ1) is 8.52. The monoisotopic (exact) mass is 169 g/mol. The van der Waals surface area contributed by atoms with Crippen LogP contribution < -0.4 is 5.32 Å². The van der Waals surface area contributed by atoms with Crippen LogP contribution >= 0.6 is 0 Å². The van der Waals surface area contributed by atoms with Crippen LogP contribution in [0.2, 0.25) is 0 Å². The number of nitrogens with one attached hydrogen (secondary N) is 1. The molecular formula is C10H19NO. The summed E-state index contributed by atoms with van der Waals surface area (Å²) in [7, 11) is 1.94. The molecule has 12 heavy (non-hydrogen) atoms. The fourth-order valence-electron chi connectivity index (χ4n) is 3.21. The van der Waals surface area contributed by atoms with Crippen LogP contribution in [0.4, 0.5) is 0 Å². The van der Waals surface area contributed by atoms with Crippen LogP contribution in [0.15, 0.2) is 0 Å². The SMILES string of the molecule is CNCC1(O)C2CCC[C@@H]1CC2. The topological polar surface area (TPSA) is 32.3 Å². The second kappa shape index (κ2) is 3.00. The molecule has 2 rings (SSSR count). The molecule has 2 nitrogen and oxygen atoms in total. The van der Waals surface area contributed by atoms with E-state index in [0.29, 0.717) is 11.8 Å². The Morgan fingerprint density at radius 3 is 2.33 bits per heavy atom. The quantitative estimate of drug-likeness (QED) is 0.650. The van der Waals surface area contributed by atoms with E-state index in [2.05, 4.69) is 5.32 Å². The van der Waals surface area contributed by atoms with E-state index >= 15 is 0 Å². The predicted octanol–water partition coefficient (Wildman–Crippen LogP) is 1.15. The largest absolute Gasteiger partial charge is 0.388 e. The third kappa shape index (κ3) is 1.09. The minimum Gasteiger partial charge on any atom is -0.388 e. The van der Waals surface area contributed by atoms with Crippen molar-refractivity contribution in [2.24, 2.45) is 11.8 Å². The van der Waals surface area contributed by atoms with Crippen molar-refractivity contribution in [1.82, 2.24) is 5.32 Å². The van der Waals surface area contributed by atoms with Gasteiger partial charge in [0, 0.05) is 6.54 Å². The lowest BCUT2D eigenvalue weighted by atomic mass is 9.74. The highest BCUT2D eigenvalue weighted by Gasteiger charge is 2.49. The molecule has 2 heteroatoms. The van der Waals surface area contributed by atoms with Gasteiger partial charge in [-0.1, -0.05) is 6.42 Å². The highest BCUT2D eigenvalue weighted by Crippen LogP contribution is 2.49. The summed E-state index contributed by atoms with van der Waals surface area (Å²) in [5.41, 5.74) is -0.354. The molecule has 0 aromatic heterocycles. The van der Waals surface area contributed by atoms with Crippen LogP contribution in [0.1, 0.15) is 32.1 Å². The average molecular weight is 169 g/mol. The summed E-state index contributed by atoms with van der Waals surface area (Å²) < 4.78 is 0. The van der Waals surface area contributed by atoms with E-state index in [9.17, 15) is 5.11 Å². The minimum absolute atomic E-state index is 0.354.